The number of carbonyl (C=O) groups excluding carboxylic acids is 7. The van der Waals surface area contributed by atoms with Crippen LogP contribution in [0.5, 0.6) is 17.2 Å². The highest BCUT2D eigenvalue weighted by molar-refractivity contribution is 7.90. The Balaban J connectivity index is 1.16. The first-order valence-electron chi connectivity index (χ1n) is 30.9. The summed E-state index contributed by atoms with van der Waals surface area (Å²) < 4.78 is 20.4. The average Bonchev–Trinajstić information content (AvgIpc) is 1.71. The number of benzene rings is 3. The van der Waals surface area contributed by atoms with Crippen LogP contribution in [0.4, 0.5) is 0 Å². The number of carboxylic acids is 1. The van der Waals surface area contributed by atoms with E-state index in [0.29, 0.717) is 27.9 Å². The van der Waals surface area contributed by atoms with E-state index in [1.807, 2.05) is 24.3 Å². The molecule has 4 aromatic rings. The number of carboxylic acid groups (broad SMARTS) is 1. The molecule has 0 aliphatic carbocycles. The Kier molecular flexibility index (Phi) is 28.6. The van der Waals surface area contributed by atoms with E-state index < -0.39 is 164 Å². The highest BCUT2D eigenvalue weighted by Gasteiger charge is 2.50. The second-order valence-electron chi connectivity index (χ2n) is 23.4. The molecular formula is C61H82N10O22S2. The molecule has 4 heterocycles. The fourth-order valence-corrected chi connectivity index (χ4v) is 12.2. The zero-order chi connectivity index (χ0) is 68.9. The third-order valence-electron chi connectivity index (χ3n) is 16.2. The van der Waals surface area contributed by atoms with Crippen LogP contribution in [0, 0.1) is 5.92 Å². The Bertz CT molecular complexity index is 3220. The average molecular weight is 1370 g/mol. The zero-order valence-corrected chi connectivity index (χ0v) is 53.9. The maximum absolute atomic E-state index is 14.9. The molecule has 1 aromatic heterocycles. The third-order valence-corrected chi connectivity index (χ3v) is 17.6. The van der Waals surface area contributed by atoms with E-state index in [1.165, 1.54) is 36.5 Å². The first-order valence-corrected chi connectivity index (χ1v) is 32.4. The van der Waals surface area contributed by atoms with Crippen LogP contribution in [0.15, 0.2) is 66.7 Å². The normalized spacial score (nSPS) is 24.2. The van der Waals surface area contributed by atoms with E-state index >= 15 is 0 Å². The maximum atomic E-state index is 14.9. The number of nitrogens with one attached hydrogen (secondary N) is 6. The SMILES string of the molecule is COCCCCCCCOc1ccc(-c2nnc(-c3ccc(C(=O)N[C@H]4C[C@H](O)CNC(=O)[C@@H]5[C@@H](O)[C@H](C)CN5C(=O)[C@H]([C@H](O)CCNCCC(=O)O)NC(=O)[C@H]([C@H](O)Cc5ccc(O)c(OSOOO)c5)NC(=O)[C@@H]5C[C@H](O)CN5C(=O)[C@H]([C@H](C)O)NC4=O)cc3)s2)cc1. The van der Waals surface area contributed by atoms with Crippen molar-refractivity contribution in [2.45, 2.75) is 151 Å². The number of nitrogens with zero attached hydrogens (tertiary/aromatic N) is 4. The summed E-state index contributed by atoms with van der Waals surface area (Å²) in [4.78, 5) is 115. The van der Waals surface area contributed by atoms with Gasteiger partial charge in [-0.1, -0.05) is 65.1 Å². The van der Waals surface area contributed by atoms with Gasteiger partial charge in [-0.2, -0.15) is 0 Å². The zero-order valence-electron chi connectivity index (χ0n) is 52.3. The number of hydrogen-bond donors (Lipinski definition) is 15. The summed E-state index contributed by atoms with van der Waals surface area (Å²) in [5.41, 5.74) is 1.48. The molecule has 34 heteroatoms. The maximum Gasteiger partial charge on any atom is 0.304 e. The standard InChI is InChI=1S/C61H82N10O22S2/c1-32-30-71-51(52(32)80)57(85)63-29-38(73)27-41(64-53(81)35-10-12-36(13-11-35)58-68-69-59(94-58)37-14-16-40(17-15-37)90-24-8-6-4-5-7-23-89-3)54(82)65-48(33(2)72)60(86)70-31-39(74)28-42(70)55(83)66-49(45(77)25-34-9-18-43(75)46(26-34)91-95-93-92-88)56(84)67-50(61(71)87)44(76)19-21-62-22-20-47(78)79/h9-18,26,32-33,38-39,41-42,44-45,48-52,62,72-77,80,88H,4-8,19-25,27-31H2,1-3H3,(H,63,85)(H,64,81)(H,65,82)(H,66,83)(H,67,84)(H,78,79)/t32-,33+,38+,39+,41+,42+,44-,45-,48+,49+,50+,51+,52+/m1/s1. The minimum absolute atomic E-state index is 0.00496. The van der Waals surface area contributed by atoms with Crippen molar-refractivity contribution in [3.8, 4) is 38.4 Å². The summed E-state index contributed by atoms with van der Waals surface area (Å²) in [5.74, 6) is -10.1. The van der Waals surface area contributed by atoms with Crippen molar-refractivity contribution in [2.24, 2.45) is 5.92 Å². The molecule has 0 saturated carbocycles. The van der Waals surface area contributed by atoms with Gasteiger partial charge in [-0.05, 0) is 86.8 Å². The number of aliphatic hydroxyl groups excluding tert-OH is 6. The minimum atomic E-state index is -2.16. The van der Waals surface area contributed by atoms with Crippen molar-refractivity contribution in [2.75, 3.05) is 53.0 Å². The number of aromatic nitrogens is 2. The van der Waals surface area contributed by atoms with Crippen LogP contribution in [-0.4, -0.2) is 239 Å². The molecule has 3 aromatic carbocycles. The molecule has 13 atom stereocenters. The molecule has 0 bridgehead atoms. The molecule has 7 rings (SSSR count). The number of phenolic OH excluding ortho intramolecular Hbond substituents is 1. The molecule has 0 radical (unpaired) electrons. The highest BCUT2D eigenvalue weighted by atomic mass is 32.2. The van der Waals surface area contributed by atoms with Gasteiger partial charge in [0.05, 0.1) is 49.7 Å². The number of aliphatic hydroxyl groups is 6. The van der Waals surface area contributed by atoms with Gasteiger partial charge in [-0.3, -0.25) is 38.4 Å². The monoisotopic (exact) mass is 1370 g/mol. The number of rotatable bonds is 28. The largest absolute Gasteiger partial charge is 0.504 e. The van der Waals surface area contributed by atoms with Gasteiger partial charge in [-0.25, -0.2) is 5.26 Å². The lowest BCUT2D eigenvalue weighted by Gasteiger charge is -2.34. The Morgan fingerprint density at radius 1 is 0.747 bits per heavy atom. The first-order chi connectivity index (χ1) is 45.5. The molecular weight excluding hydrogens is 1290 g/mol. The van der Waals surface area contributed by atoms with Gasteiger partial charge in [0.25, 0.3) is 18.2 Å². The summed E-state index contributed by atoms with van der Waals surface area (Å²) in [6, 6.07) is 5.62. The second-order valence-corrected chi connectivity index (χ2v) is 24.8. The predicted octanol–water partition coefficient (Wildman–Crippen LogP) is -0.680. The van der Waals surface area contributed by atoms with Gasteiger partial charge in [-0.15, -0.1) is 10.2 Å². The molecule has 0 unspecified atom stereocenters. The Morgan fingerprint density at radius 2 is 1.39 bits per heavy atom. The summed E-state index contributed by atoms with van der Waals surface area (Å²) in [6.07, 6.45) is -7.77. The Hall–Kier alpha value is -7.71. The number of carbonyl (C=O) groups is 8. The van der Waals surface area contributed by atoms with Gasteiger partial charge < -0.3 is 96.2 Å². The predicted molar refractivity (Wildman–Crippen MR) is 337 cm³/mol. The Labute approximate surface area is 554 Å². The number of aliphatic carboxylic acids is 1. The van der Waals surface area contributed by atoms with Crippen LogP contribution in [0.25, 0.3) is 21.1 Å². The highest BCUT2D eigenvalue weighted by Crippen LogP contribution is 2.33. The molecule has 7 amide bonds. The molecule has 3 aliphatic rings. The molecule has 3 aliphatic heterocycles. The number of phenols is 1. The summed E-state index contributed by atoms with van der Waals surface area (Å²) >= 11 is 1.35. The number of fused-ring (bicyclic) bond motifs is 2. The lowest BCUT2D eigenvalue weighted by molar-refractivity contribution is -0.433. The minimum Gasteiger partial charge on any atom is -0.504 e. The first kappa shape index (κ1) is 74.7. The van der Waals surface area contributed by atoms with Gasteiger partial charge in [0.15, 0.2) is 11.5 Å². The molecule has 3 fully saturated rings. The van der Waals surface area contributed by atoms with Crippen molar-refractivity contribution >= 4 is 71.0 Å². The second kappa shape index (κ2) is 36.4. The molecule has 95 heavy (non-hydrogen) atoms. The van der Waals surface area contributed by atoms with Crippen molar-refractivity contribution in [3.05, 3.63) is 77.9 Å². The van der Waals surface area contributed by atoms with Crippen molar-refractivity contribution < 1.29 is 107 Å². The fraction of sp³-hybridized carbons (Fsp3) is 0.541. The molecule has 0 spiro atoms. The van der Waals surface area contributed by atoms with E-state index in [0.717, 1.165) is 73.1 Å². The number of methoxy groups -OCH3 is 1. The molecule has 15 N–H and O–H groups in total. The van der Waals surface area contributed by atoms with Crippen LogP contribution in [-0.2, 0) is 54.1 Å². The Morgan fingerprint density at radius 3 is 2.05 bits per heavy atom. The fourth-order valence-electron chi connectivity index (χ4n) is 11.1. The van der Waals surface area contributed by atoms with E-state index in [1.54, 1.807) is 19.2 Å². The van der Waals surface area contributed by atoms with Crippen molar-refractivity contribution in [1.82, 2.24) is 51.9 Å². The van der Waals surface area contributed by atoms with Crippen LogP contribution < -0.4 is 40.8 Å². The van der Waals surface area contributed by atoms with Crippen molar-refractivity contribution in [3.63, 3.8) is 0 Å². The summed E-state index contributed by atoms with van der Waals surface area (Å²) in [5, 5.41) is 126. The summed E-state index contributed by atoms with van der Waals surface area (Å²) in [7, 11) is 1.69. The van der Waals surface area contributed by atoms with Crippen molar-refractivity contribution in [1.29, 1.82) is 0 Å². The lowest BCUT2D eigenvalue weighted by Crippen LogP contribution is -2.64. The van der Waals surface area contributed by atoms with Gasteiger partial charge in [0, 0.05) is 81.8 Å². The quantitative estimate of drug-likeness (QED) is 0.0145. The number of unbranched alkanes of at least 4 members (excludes halogenated alkanes) is 4. The van der Waals surface area contributed by atoms with Gasteiger partial charge >= 0.3 is 5.97 Å². The van der Waals surface area contributed by atoms with E-state index in [4.69, 9.17) is 18.9 Å². The smallest absolute Gasteiger partial charge is 0.304 e. The number of aromatic hydroxyl groups is 1. The van der Waals surface area contributed by atoms with Crippen LogP contribution in [0.1, 0.15) is 87.6 Å². The summed E-state index contributed by atoms with van der Waals surface area (Å²) in [6.45, 7) is 2.06. The van der Waals surface area contributed by atoms with Gasteiger partial charge in [0.2, 0.25) is 35.4 Å². The van der Waals surface area contributed by atoms with Gasteiger partial charge in [0.1, 0.15) is 52.0 Å². The molecule has 3 saturated heterocycles. The van der Waals surface area contributed by atoms with E-state index in [2.05, 4.69) is 51.5 Å². The van der Waals surface area contributed by atoms with Crippen LogP contribution in [0.2, 0.25) is 0 Å². The number of ether oxygens (including phenoxy) is 2. The number of amides is 7. The third kappa shape index (κ3) is 21.1. The van der Waals surface area contributed by atoms with Crippen LogP contribution in [0.3, 0.4) is 0 Å². The number of β-amino-alcohol motifs (C(OH)–C–C–N with tert-alkyl or cyclic N) is 1. The molecule has 32 nitrogen and oxygen atoms in total. The topological polar surface area (TPSA) is 469 Å². The molecule has 520 valence electrons. The number of hydrogen-bond acceptors (Lipinski definition) is 26. The van der Waals surface area contributed by atoms with E-state index in [-0.39, 0.29) is 61.7 Å². The lowest BCUT2D eigenvalue weighted by atomic mass is 9.98. The van der Waals surface area contributed by atoms with Crippen LogP contribution >= 0.6 is 23.7 Å². The van der Waals surface area contributed by atoms with E-state index in [9.17, 15) is 79.2 Å².